The first kappa shape index (κ1) is 19.9. The molecular weight excluding hydrogens is 282 g/mol. The molecule has 0 heterocycles. The summed E-state index contributed by atoms with van der Waals surface area (Å²) in [7, 11) is 0. The van der Waals surface area contributed by atoms with Gasteiger partial charge in [-0.3, -0.25) is 4.79 Å². The number of carbonyl (C=O) groups is 1. The van der Waals surface area contributed by atoms with Crippen LogP contribution in [0.4, 0.5) is 0 Å². The number of unbranched alkanes of at least 4 members (excludes halogenated alkanes) is 6. The molecule has 0 fully saturated rings. The quantitative estimate of drug-likeness (QED) is 0.454. The largest absolute Gasteiger partial charge is 0.313 e. The fraction of sp³-hybridized carbons (Fsp3) is 0.667. The first-order valence-corrected chi connectivity index (χ1v) is 9.58. The number of rotatable bonds is 13. The Morgan fingerprint density at radius 1 is 1.00 bits per heavy atom. The lowest BCUT2D eigenvalue weighted by Crippen LogP contribution is -2.17. The number of hydrogen-bond donors (Lipinski definition) is 1. The summed E-state index contributed by atoms with van der Waals surface area (Å²) >= 11 is 0. The number of allylic oxidation sites excluding steroid dienone is 4. The van der Waals surface area contributed by atoms with Crippen molar-refractivity contribution in [2.45, 2.75) is 78.1 Å². The molecule has 0 bridgehead atoms. The molecule has 1 aliphatic carbocycles. The van der Waals surface area contributed by atoms with Crippen LogP contribution in [0.15, 0.2) is 35.5 Å². The normalized spacial score (nSPS) is 14.3. The van der Waals surface area contributed by atoms with Gasteiger partial charge in [0, 0.05) is 13.0 Å². The lowest BCUT2D eigenvalue weighted by molar-refractivity contribution is -0.115. The Bertz CT molecular complexity index is 418. The zero-order chi connectivity index (χ0) is 16.8. The predicted octanol–water partition coefficient (Wildman–Crippen LogP) is 5.51. The molecule has 0 aliphatic heterocycles. The van der Waals surface area contributed by atoms with E-state index in [0.29, 0.717) is 12.2 Å². The first-order valence-electron chi connectivity index (χ1n) is 9.58. The Hall–Kier alpha value is -1.15. The van der Waals surface area contributed by atoms with Gasteiger partial charge in [0.25, 0.3) is 0 Å². The van der Waals surface area contributed by atoms with E-state index < -0.39 is 0 Å². The molecule has 0 amide bonds. The topological polar surface area (TPSA) is 29.1 Å². The van der Waals surface area contributed by atoms with E-state index in [1.54, 1.807) is 0 Å². The van der Waals surface area contributed by atoms with Gasteiger partial charge in [-0.05, 0) is 37.0 Å². The average molecular weight is 318 g/mol. The summed E-state index contributed by atoms with van der Waals surface area (Å²) in [5.41, 5.74) is 2.24. The Morgan fingerprint density at radius 2 is 1.74 bits per heavy atom. The maximum Gasteiger partial charge on any atom is 0.159 e. The van der Waals surface area contributed by atoms with Crippen LogP contribution in [0.5, 0.6) is 0 Å². The number of hydrogen-bond acceptors (Lipinski definition) is 2. The zero-order valence-electron chi connectivity index (χ0n) is 15.2. The number of ketones is 1. The lowest BCUT2D eigenvalue weighted by Gasteiger charge is -2.03. The third-order valence-corrected chi connectivity index (χ3v) is 4.32. The minimum absolute atomic E-state index is 0.335. The number of Topliss-reactive ketones (excluding diaryl/α,β-unsaturated/α-hetero) is 1. The van der Waals surface area contributed by atoms with Gasteiger partial charge in [0.2, 0.25) is 0 Å². The lowest BCUT2D eigenvalue weighted by atomic mass is 10.0. The highest BCUT2D eigenvalue weighted by atomic mass is 16.1. The van der Waals surface area contributed by atoms with Crippen LogP contribution in [0.3, 0.4) is 0 Å². The zero-order valence-corrected chi connectivity index (χ0v) is 15.2. The van der Waals surface area contributed by atoms with Crippen molar-refractivity contribution in [3.05, 3.63) is 35.5 Å². The standard InChI is InChI=1S/C21H35NO/c1-3-5-7-8-9-10-14-21(23)20-13-11-12-19(15-16-20)18-22-17-6-4-2/h11-12,15-16,22H,3-10,13-14,17-18H2,1-2H3. The second kappa shape index (κ2) is 13.3. The molecule has 1 rings (SSSR count). The number of carbonyl (C=O) groups excluding carboxylic acids is 1. The molecule has 0 atom stereocenters. The van der Waals surface area contributed by atoms with Crippen molar-refractivity contribution in [3.8, 4) is 0 Å². The molecule has 2 heteroatoms. The van der Waals surface area contributed by atoms with Crippen molar-refractivity contribution < 1.29 is 4.79 Å². The van der Waals surface area contributed by atoms with Crippen molar-refractivity contribution in [2.24, 2.45) is 0 Å². The van der Waals surface area contributed by atoms with Crippen LogP contribution in [0.25, 0.3) is 0 Å². The molecule has 0 unspecified atom stereocenters. The SMILES string of the molecule is CCCCCCCCC(=O)C1=CC=C(CNCCCC)C=CC1. The fourth-order valence-corrected chi connectivity index (χ4v) is 2.75. The second-order valence-corrected chi connectivity index (χ2v) is 6.51. The van der Waals surface area contributed by atoms with E-state index in [2.05, 4.69) is 37.4 Å². The van der Waals surface area contributed by atoms with E-state index >= 15 is 0 Å². The van der Waals surface area contributed by atoms with E-state index in [1.807, 2.05) is 6.08 Å². The predicted molar refractivity (Wildman–Crippen MR) is 101 cm³/mol. The van der Waals surface area contributed by atoms with Crippen molar-refractivity contribution in [1.82, 2.24) is 5.32 Å². The summed E-state index contributed by atoms with van der Waals surface area (Å²) in [6.07, 6.45) is 19.8. The van der Waals surface area contributed by atoms with Gasteiger partial charge in [-0.1, -0.05) is 76.7 Å². The summed E-state index contributed by atoms with van der Waals surface area (Å²) in [6.45, 7) is 6.40. The van der Waals surface area contributed by atoms with Gasteiger partial charge < -0.3 is 5.32 Å². The van der Waals surface area contributed by atoms with Crippen molar-refractivity contribution >= 4 is 5.78 Å². The molecule has 2 nitrogen and oxygen atoms in total. The maximum atomic E-state index is 12.3. The van der Waals surface area contributed by atoms with E-state index in [4.69, 9.17) is 0 Å². The van der Waals surface area contributed by atoms with Gasteiger partial charge in [-0.15, -0.1) is 0 Å². The molecule has 0 aromatic rings. The van der Waals surface area contributed by atoms with Crippen LogP contribution in [-0.2, 0) is 4.79 Å². The highest BCUT2D eigenvalue weighted by Gasteiger charge is 2.09. The van der Waals surface area contributed by atoms with Crippen LogP contribution >= 0.6 is 0 Å². The van der Waals surface area contributed by atoms with Crippen LogP contribution in [0, 0.1) is 0 Å². The summed E-state index contributed by atoms with van der Waals surface area (Å²) in [4.78, 5) is 12.3. The van der Waals surface area contributed by atoms with Crippen molar-refractivity contribution in [3.63, 3.8) is 0 Å². The highest BCUT2D eigenvalue weighted by molar-refractivity contribution is 5.96. The van der Waals surface area contributed by atoms with Crippen LogP contribution < -0.4 is 5.32 Å². The molecule has 0 saturated carbocycles. The summed E-state index contributed by atoms with van der Waals surface area (Å²) in [6, 6.07) is 0. The molecule has 0 aromatic heterocycles. The van der Waals surface area contributed by atoms with Gasteiger partial charge in [0.15, 0.2) is 5.78 Å². The summed E-state index contributed by atoms with van der Waals surface area (Å²) in [5, 5.41) is 3.45. The van der Waals surface area contributed by atoms with E-state index in [-0.39, 0.29) is 0 Å². The molecule has 1 N–H and O–H groups in total. The molecule has 0 spiro atoms. The monoisotopic (exact) mass is 317 g/mol. The molecular formula is C21H35NO. The van der Waals surface area contributed by atoms with Crippen molar-refractivity contribution in [1.29, 1.82) is 0 Å². The molecule has 130 valence electrons. The minimum atomic E-state index is 0.335. The Labute approximate surface area is 143 Å². The maximum absolute atomic E-state index is 12.3. The fourth-order valence-electron chi connectivity index (χ4n) is 2.75. The van der Waals surface area contributed by atoms with E-state index in [9.17, 15) is 4.79 Å². The average Bonchev–Trinajstić information content (AvgIpc) is 2.80. The molecule has 0 saturated heterocycles. The Morgan fingerprint density at radius 3 is 2.52 bits per heavy atom. The second-order valence-electron chi connectivity index (χ2n) is 6.51. The summed E-state index contributed by atoms with van der Waals surface area (Å²) < 4.78 is 0. The highest BCUT2D eigenvalue weighted by Crippen LogP contribution is 2.16. The van der Waals surface area contributed by atoms with Crippen LogP contribution in [-0.4, -0.2) is 18.9 Å². The van der Waals surface area contributed by atoms with Gasteiger partial charge in [-0.25, -0.2) is 0 Å². The summed E-state index contributed by atoms with van der Waals surface area (Å²) in [5.74, 6) is 0.335. The molecule has 0 radical (unpaired) electrons. The molecule has 23 heavy (non-hydrogen) atoms. The van der Waals surface area contributed by atoms with Gasteiger partial charge in [0.1, 0.15) is 0 Å². The van der Waals surface area contributed by atoms with Crippen molar-refractivity contribution in [2.75, 3.05) is 13.1 Å². The third-order valence-electron chi connectivity index (χ3n) is 4.32. The van der Waals surface area contributed by atoms with Crippen LogP contribution in [0.1, 0.15) is 78.1 Å². The van der Waals surface area contributed by atoms with Gasteiger partial charge >= 0.3 is 0 Å². The van der Waals surface area contributed by atoms with Crippen LogP contribution in [0.2, 0.25) is 0 Å². The molecule has 1 aliphatic rings. The smallest absolute Gasteiger partial charge is 0.159 e. The number of nitrogens with one attached hydrogen (secondary N) is 1. The minimum Gasteiger partial charge on any atom is -0.313 e. The van der Waals surface area contributed by atoms with Gasteiger partial charge in [0.05, 0.1) is 0 Å². The molecule has 0 aromatic carbocycles. The Balaban J connectivity index is 2.29. The Kier molecular flexibility index (Phi) is 11.5. The third kappa shape index (κ3) is 9.55. The first-order chi connectivity index (χ1) is 11.3. The van der Waals surface area contributed by atoms with E-state index in [1.165, 1.54) is 50.5 Å². The van der Waals surface area contributed by atoms with E-state index in [0.717, 1.165) is 31.5 Å². The van der Waals surface area contributed by atoms with Gasteiger partial charge in [-0.2, -0.15) is 0 Å².